The van der Waals surface area contributed by atoms with Gasteiger partial charge in [-0.1, -0.05) is 6.92 Å². The zero-order chi connectivity index (χ0) is 22.9. The zero-order valence-electron chi connectivity index (χ0n) is 18.3. The minimum absolute atomic E-state index is 0.166. The number of alkyl halides is 2. The van der Waals surface area contributed by atoms with Gasteiger partial charge in [0.1, 0.15) is 5.82 Å². The van der Waals surface area contributed by atoms with Gasteiger partial charge in [0.2, 0.25) is 11.8 Å². The second-order valence-electron chi connectivity index (χ2n) is 7.81. The molecule has 3 rings (SSSR count). The van der Waals surface area contributed by atoms with Crippen molar-refractivity contribution in [1.82, 2.24) is 20.3 Å². The molecule has 1 aromatic rings. The van der Waals surface area contributed by atoms with E-state index in [4.69, 9.17) is 4.74 Å². The number of aromatic nitrogens is 1. The van der Waals surface area contributed by atoms with Gasteiger partial charge in [0, 0.05) is 43.3 Å². The lowest BCUT2D eigenvalue weighted by Gasteiger charge is -2.36. The molecule has 10 heteroatoms. The average Bonchev–Trinajstić information content (AvgIpc) is 3.05. The number of likely N-dealkylation sites (N-methyl/N-ethyl adjacent to an activating group) is 1. The Hall–Kier alpha value is -3.17. The number of carbonyl (C=O) groups is 2. The summed E-state index contributed by atoms with van der Waals surface area (Å²) in [6, 6.07) is 1.31. The van der Waals surface area contributed by atoms with E-state index < -0.39 is 12.5 Å². The molecular weight excluding hydrogens is 408 g/mol. The van der Waals surface area contributed by atoms with Gasteiger partial charge in [-0.2, -0.15) is 0 Å². The van der Waals surface area contributed by atoms with Crippen molar-refractivity contribution in [3.05, 3.63) is 46.6 Å². The molecule has 0 aromatic carbocycles. The molecule has 0 aliphatic carbocycles. The average molecular weight is 435 g/mol. The van der Waals surface area contributed by atoms with Gasteiger partial charge in [-0.05, 0) is 26.0 Å². The molecule has 8 nitrogen and oxygen atoms in total. The first-order chi connectivity index (χ1) is 14.5. The molecule has 2 N–H and O–H groups in total. The molecule has 0 radical (unpaired) electrons. The van der Waals surface area contributed by atoms with Gasteiger partial charge in [0.05, 0.1) is 18.3 Å². The number of nitrogens with zero attached hydrogens (tertiary/aromatic N) is 3. The van der Waals surface area contributed by atoms with Crippen LogP contribution >= 0.6 is 0 Å². The van der Waals surface area contributed by atoms with E-state index in [1.165, 1.54) is 6.20 Å². The fourth-order valence-electron chi connectivity index (χ4n) is 3.49. The summed E-state index contributed by atoms with van der Waals surface area (Å²) >= 11 is 0. The van der Waals surface area contributed by atoms with Gasteiger partial charge in [0.15, 0.2) is 6.61 Å². The van der Waals surface area contributed by atoms with E-state index in [2.05, 4.69) is 15.7 Å². The number of hydrogen-bond acceptors (Lipinski definition) is 6. The van der Waals surface area contributed by atoms with Crippen LogP contribution in [0.5, 0.6) is 0 Å². The molecule has 1 atom stereocenters. The molecule has 3 heterocycles. The Labute approximate surface area is 179 Å². The van der Waals surface area contributed by atoms with Crippen LogP contribution in [0.4, 0.5) is 14.6 Å². The van der Waals surface area contributed by atoms with Crippen molar-refractivity contribution in [3.63, 3.8) is 0 Å². The van der Waals surface area contributed by atoms with Gasteiger partial charge in [0.25, 0.3) is 11.8 Å². The van der Waals surface area contributed by atoms with Gasteiger partial charge >= 0.3 is 0 Å². The standard InChI is InChI=1S/C21H27F2N5O3/c1-6-17(29)25-18-15-10-28(20(30)14(15)7-8-24-18)13(3)16-9-12(2)19(26-27(16)5)31-11-21(4,22)23/h7-9,13,26H,6,10-11H2,1-5H3,(H,24,25,29). The summed E-state index contributed by atoms with van der Waals surface area (Å²) in [5, 5.41) is 4.40. The maximum Gasteiger partial charge on any atom is 0.278 e. The first kappa shape index (κ1) is 22.5. The highest BCUT2D eigenvalue weighted by Crippen LogP contribution is 2.32. The van der Waals surface area contributed by atoms with Crippen LogP contribution in [0.15, 0.2) is 35.5 Å². The Morgan fingerprint density at radius 3 is 2.81 bits per heavy atom. The number of hydrogen-bond donors (Lipinski definition) is 2. The third-order valence-electron chi connectivity index (χ3n) is 5.20. The number of ether oxygens (including phenoxy) is 1. The molecule has 1 aromatic heterocycles. The fraction of sp³-hybridized carbons (Fsp3) is 0.476. The number of fused-ring (bicyclic) bond motifs is 1. The quantitative estimate of drug-likeness (QED) is 0.685. The summed E-state index contributed by atoms with van der Waals surface area (Å²) < 4.78 is 31.5. The maximum absolute atomic E-state index is 13.1. The minimum Gasteiger partial charge on any atom is -0.471 e. The molecule has 1 unspecified atom stereocenters. The monoisotopic (exact) mass is 435 g/mol. The number of hydrazine groups is 1. The molecular formula is C21H27F2N5O3. The second-order valence-corrected chi connectivity index (χ2v) is 7.81. The van der Waals surface area contributed by atoms with E-state index in [0.717, 1.165) is 12.6 Å². The van der Waals surface area contributed by atoms with E-state index in [9.17, 15) is 18.4 Å². The van der Waals surface area contributed by atoms with Crippen molar-refractivity contribution in [2.24, 2.45) is 0 Å². The Morgan fingerprint density at radius 2 is 2.16 bits per heavy atom. The topological polar surface area (TPSA) is 86.8 Å². The Bertz CT molecular complexity index is 955. The van der Waals surface area contributed by atoms with Crippen molar-refractivity contribution < 1.29 is 23.1 Å². The summed E-state index contributed by atoms with van der Waals surface area (Å²) in [6.45, 7) is 5.72. The first-order valence-electron chi connectivity index (χ1n) is 10.0. The van der Waals surface area contributed by atoms with Gasteiger partial charge in [-0.3, -0.25) is 20.0 Å². The molecule has 168 valence electrons. The van der Waals surface area contributed by atoms with Crippen LogP contribution in [0.3, 0.4) is 0 Å². The Morgan fingerprint density at radius 1 is 1.45 bits per heavy atom. The molecule has 2 amide bonds. The molecule has 0 spiro atoms. The van der Waals surface area contributed by atoms with Crippen LogP contribution in [0.1, 0.15) is 50.0 Å². The van der Waals surface area contributed by atoms with Gasteiger partial charge < -0.3 is 15.0 Å². The van der Waals surface area contributed by atoms with Crippen molar-refractivity contribution >= 4 is 17.6 Å². The number of amides is 2. The highest BCUT2D eigenvalue weighted by atomic mass is 19.3. The summed E-state index contributed by atoms with van der Waals surface area (Å²) in [4.78, 5) is 30.8. The second kappa shape index (κ2) is 8.52. The fourth-order valence-corrected chi connectivity index (χ4v) is 3.49. The smallest absolute Gasteiger partial charge is 0.278 e. The third-order valence-corrected chi connectivity index (χ3v) is 5.20. The Balaban J connectivity index is 1.82. The SMILES string of the molecule is CCC(=O)Nc1nccc2c1CN(C(C)C1=CC(C)=C(OCC(C)(F)F)NN1C)C2=O. The predicted molar refractivity (Wildman–Crippen MR) is 111 cm³/mol. The summed E-state index contributed by atoms with van der Waals surface area (Å²) in [7, 11) is 1.73. The molecule has 31 heavy (non-hydrogen) atoms. The van der Waals surface area contributed by atoms with Gasteiger partial charge in [-0.25, -0.2) is 13.8 Å². The number of nitrogens with one attached hydrogen (secondary N) is 2. The molecule has 0 saturated carbocycles. The van der Waals surface area contributed by atoms with Gasteiger partial charge in [-0.15, -0.1) is 0 Å². The normalized spacial score (nSPS) is 17.3. The van der Waals surface area contributed by atoms with Crippen LogP contribution in [-0.4, -0.2) is 52.3 Å². The third kappa shape index (κ3) is 4.78. The molecule has 2 aliphatic heterocycles. The zero-order valence-corrected chi connectivity index (χ0v) is 18.3. The highest BCUT2D eigenvalue weighted by molar-refractivity contribution is 6.01. The lowest BCUT2D eigenvalue weighted by Crippen LogP contribution is -2.46. The minimum atomic E-state index is -2.95. The van der Waals surface area contributed by atoms with E-state index in [0.29, 0.717) is 35.5 Å². The largest absolute Gasteiger partial charge is 0.471 e. The molecule has 0 saturated heterocycles. The van der Waals surface area contributed by atoms with Crippen molar-refractivity contribution in [2.75, 3.05) is 19.0 Å². The number of pyridine rings is 1. The number of rotatable bonds is 7. The van der Waals surface area contributed by atoms with Crippen LogP contribution in [0, 0.1) is 0 Å². The summed E-state index contributed by atoms with van der Waals surface area (Å²) in [5.41, 5.74) is 5.54. The van der Waals surface area contributed by atoms with E-state index in [1.54, 1.807) is 42.9 Å². The van der Waals surface area contributed by atoms with Crippen LogP contribution < -0.4 is 10.7 Å². The van der Waals surface area contributed by atoms with Crippen molar-refractivity contribution in [1.29, 1.82) is 0 Å². The summed E-state index contributed by atoms with van der Waals surface area (Å²) in [5.74, 6) is -2.66. The van der Waals surface area contributed by atoms with E-state index >= 15 is 0 Å². The molecule has 0 bridgehead atoms. The number of halogens is 2. The Kier molecular flexibility index (Phi) is 6.19. The number of allylic oxidation sites excluding steroid dienone is 2. The van der Waals surface area contributed by atoms with E-state index in [1.807, 2.05) is 6.92 Å². The number of anilines is 1. The molecule has 2 aliphatic rings. The lowest BCUT2D eigenvalue weighted by molar-refractivity contribution is -0.115. The number of carbonyl (C=O) groups excluding carboxylic acids is 2. The van der Waals surface area contributed by atoms with E-state index in [-0.39, 0.29) is 23.7 Å². The van der Waals surface area contributed by atoms with Crippen LogP contribution in [0.25, 0.3) is 0 Å². The molecule has 0 fully saturated rings. The predicted octanol–water partition coefficient (Wildman–Crippen LogP) is 3.01. The first-order valence-corrected chi connectivity index (χ1v) is 10.0. The van der Waals surface area contributed by atoms with Crippen molar-refractivity contribution in [3.8, 4) is 0 Å². The van der Waals surface area contributed by atoms with Crippen molar-refractivity contribution in [2.45, 2.75) is 52.6 Å². The highest BCUT2D eigenvalue weighted by Gasteiger charge is 2.36. The maximum atomic E-state index is 13.1. The van der Waals surface area contributed by atoms with Crippen LogP contribution in [-0.2, 0) is 16.1 Å². The van der Waals surface area contributed by atoms with Crippen LogP contribution in [0.2, 0.25) is 0 Å². The summed E-state index contributed by atoms with van der Waals surface area (Å²) in [6.07, 6.45) is 3.62. The lowest BCUT2D eigenvalue weighted by atomic mass is 10.1.